The Hall–Kier alpha value is -4.12. The molecular formula is C26H23N3O2. The van der Waals surface area contributed by atoms with Crippen molar-refractivity contribution in [3.8, 4) is 11.4 Å². The highest BCUT2D eigenvalue weighted by Crippen LogP contribution is 2.21. The number of rotatable bonds is 6. The highest BCUT2D eigenvalue weighted by Gasteiger charge is 2.10. The zero-order chi connectivity index (χ0) is 21.6. The maximum atomic E-state index is 12.9. The molecule has 1 amide bonds. The lowest BCUT2D eigenvalue weighted by Gasteiger charge is -2.10. The van der Waals surface area contributed by atoms with Gasteiger partial charge in [0.15, 0.2) is 0 Å². The fourth-order valence-electron chi connectivity index (χ4n) is 3.21. The number of pyridine rings is 1. The largest absolute Gasteiger partial charge is 0.497 e. The number of carbonyl (C=O) groups is 1. The summed E-state index contributed by atoms with van der Waals surface area (Å²) in [5.74, 6) is 0.619. The van der Waals surface area contributed by atoms with Crippen molar-refractivity contribution < 1.29 is 9.53 Å². The molecule has 5 nitrogen and oxygen atoms in total. The zero-order valence-electron chi connectivity index (χ0n) is 17.4. The van der Waals surface area contributed by atoms with Crippen molar-refractivity contribution in [1.29, 1.82) is 0 Å². The predicted molar refractivity (Wildman–Crippen MR) is 125 cm³/mol. The van der Waals surface area contributed by atoms with E-state index in [-0.39, 0.29) is 5.91 Å². The van der Waals surface area contributed by atoms with E-state index < -0.39 is 0 Å². The molecule has 0 bridgehead atoms. The third-order valence-corrected chi connectivity index (χ3v) is 4.96. The van der Waals surface area contributed by atoms with Crippen molar-refractivity contribution in [2.75, 3.05) is 12.4 Å². The van der Waals surface area contributed by atoms with Crippen LogP contribution in [-0.2, 0) is 0 Å². The van der Waals surface area contributed by atoms with Crippen LogP contribution in [0, 0.1) is 6.92 Å². The molecule has 4 rings (SSSR count). The fraction of sp³-hybridized carbons (Fsp3) is 0.0769. The van der Waals surface area contributed by atoms with Crippen LogP contribution < -0.4 is 10.1 Å². The summed E-state index contributed by atoms with van der Waals surface area (Å²) in [5.41, 5.74) is 5.12. The second kappa shape index (κ2) is 9.13. The van der Waals surface area contributed by atoms with Gasteiger partial charge in [-0.05, 0) is 60.0 Å². The van der Waals surface area contributed by atoms with Crippen LogP contribution in [0.25, 0.3) is 17.8 Å². The smallest absolute Gasteiger partial charge is 0.257 e. The van der Waals surface area contributed by atoms with E-state index >= 15 is 0 Å². The van der Waals surface area contributed by atoms with Crippen LogP contribution in [0.5, 0.6) is 5.75 Å². The Bertz CT molecular complexity index is 1230. The molecule has 0 spiro atoms. The molecule has 0 aliphatic rings. The summed E-state index contributed by atoms with van der Waals surface area (Å²) in [6.07, 6.45) is 11.2. The summed E-state index contributed by atoms with van der Waals surface area (Å²) < 4.78 is 7.19. The monoisotopic (exact) mass is 409 g/mol. The van der Waals surface area contributed by atoms with Gasteiger partial charge in [-0.25, -0.2) is 0 Å². The van der Waals surface area contributed by atoms with Crippen LogP contribution in [-0.4, -0.2) is 22.6 Å². The minimum absolute atomic E-state index is 0.196. The minimum Gasteiger partial charge on any atom is -0.497 e. The number of carbonyl (C=O) groups excluding carboxylic acids is 1. The average molecular weight is 409 g/mol. The first-order valence-corrected chi connectivity index (χ1v) is 9.95. The van der Waals surface area contributed by atoms with E-state index in [0.29, 0.717) is 5.56 Å². The molecule has 1 N–H and O–H groups in total. The first kappa shape index (κ1) is 20.2. The second-order valence-corrected chi connectivity index (χ2v) is 7.16. The molecule has 4 aromatic rings. The van der Waals surface area contributed by atoms with E-state index in [2.05, 4.69) is 10.3 Å². The number of benzene rings is 2. The minimum atomic E-state index is -0.196. The SMILES string of the molecule is COc1cccc(/C=C/c2ccc(C)c(NC(=O)c3cncc(-n4cccc4)c3)c2)c1. The van der Waals surface area contributed by atoms with Gasteiger partial charge in [0.25, 0.3) is 5.91 Å². The second-order valence-electron chi connectivity index (χ2n) is 7.16. The molecule has 0 aliphatic heterocycles. The molecule has 0 atom stereocenters. The molecule has 2 aromatic heterocycles. The van der Waals surface area contributed by atoms with Crippen LogP contribution in [0.4, 0.5) is 5.69 Å². The number of aromatic nitrogens is 2. The van der Waals surface area contributed by atoms with Crippen LogP contribution in [0.1, 0.15) is 27.0 Å². The van der Waals surface area contributed by atoms with Gasteiger partial charge in [-0.1, -0.05) is 36.4 Å². The highest BCUT2D eigenvalue weighted by molar-refractivity contribution is 6.05. The predicted octanol–water partition coefficient (Wildman–Crippen LogP) is 5.61. The van der Waals surface area contributed by atoms with Crippen LogP contribution in [0.2, 0.25) is 0 Å². The van der Waals surface area contributed by atoms with E-state index in [1.54, 1.807) is 19.5 Å². The molecule has 31 heavy (non-hydrogen) atoms. The Labute approximate surface area is 181 Å². The quantitative estimate of drug-likeness (QED) is 0.421. The number of hydrogen-bond donors (Lipinski definition) is 1. The summed E-state index contributed by atoms with van der Waals surface area (Å²) in [4.78, 5) is 17.1. The van der Waals surface area contributed by atoms with E-state index in [9.17, 15) is 4.79 Å². The molecule has 5 heteroatoms. The Morgan fingerprint density at radius 2 is 1.74 bits per heavy atom. The average Bonchev–Trinajstić information content (AvgIpc) is 3.35. The Kier molecular flexibility index (Phi) is 5.94. The van der Waals surface area contributed by atoms with E-state index in [1.165, 1.54) is 0 Å². The number of aryl methyl sites for hydroxylation is 1. The van der Waals surface area contributed by atoms with Crippen molar-refractivity contribution in [1.82, 2.24) is 9.55 Å². The lowest BCUT2D eigenvalue weighted by atomic mass is 10.1. The van der Waals surface area contributed by atoms with Crippen molar-refractivity contribution in [2.24, 2.45) is 0 Å². The van der Waals surface area contributed by atoms with E-state index in [4.69, 9.17) is 4.74 Å². The third kappa shape index (κ3) is 4.90. The van der Waals surface area contributed by atoms with Gasteiger partial charge in [-0.2, -0.15) is 0 Å². The lowest BCUT2D eigenvalue weighted by molar-refractivity contribution is 0.102. The van der Waals surface area contributed by atoms with Gasteiger partial charge in [-0.15, -0.1) is 0 Å². The maximum Gasteiger partial charge on any atom is 0.257 e. The van der Waals surface area contributed by atoms with Crippen molar-refractivity contribution >= 4 is 23.7 Å². The Morgan fingerprint density at radius 3 is 2.52 bits per heavy atom. The number of hydrogen-bond acceptors (Lipinski definition) is 3. The molecule has 0 unspecified atom stereocenters. The lowest BCUT2D eigenvalue weighted by Crippen LogP contribution is -2.13. The molecule has 0 aliphatic carbocycles. The van der Waals surface area contributed by atoms with Gasteiger partial charge in [-0.3, -0.25) is 9.78 Å². The number of methoxy groups -OCH3 is 1. The fourth-order valence-corrected chi connectivity index (χ4v) is 3.21. The molecular weight excluding hydrogens is 386 g/mol. The van der Waals surface area contributed by atoms with Crippen molar-refractivity contribution in [2.45, 2.75) is 6.92 Å². The molecule has 0 saturated carbocycles. The van der Waals surface area contributed by atoms with Gasteiger partial charge in [0.2, 0.25) is 0 Å². The summed E-state index contributed by atoms with van der Waals surface area (Å²) in [6, 6.07) is 19.5. The van der Waals surface area contributed by atoms with Gasteiger partial charge < -0.3 is 14.6 Å². The number of amides is 1. The molecule has 0 saturated heterocycles. The number of nitrogens with zero attached hydrogens (tertiary/aromatic N) is 2. The third-order valence-electron chi connectivity index (χ3n) is 4.96. The van der Waals surface area contributed by atoms with Crippen molar-refractivity contribution in [3.05, 3.63) is 108 Å². The zero-order valence-corrected chi connectivity index (χ0v) is 17.4. The Balaban J connectivity index is 1.53. The molecule has 0 fully saturated rings. The van der Waals surface area contributed by atoms with E-state index in [0.717, 1.165) is 33.8 Å². The summed E-state index contributed by atoms with van der Waals surface area (Å²) >= 11 is 0. The van der Waals surface area contributed by atoms with Crippen molar-refractivity contribution in [3.63, 3.8) is 0 Å². The summed E-state index contributed by atoms with van der Waals surface area (Å²) in [7, 11) is 1.65. The highest BCUT2D eigenvalue weighted by atomic mass is 16.5. The standard InChI is InChI=1S/C26H23N3O2/c1-19-8-9-21(11-10-20-6-5-7-24(14-20)31-2)15-25(19)28-26(30)22-16-23(18-27-17-22)29-12-3-4-13-29/h3-18H,1-2H3,(H,28,30)/b11-10+. The number of nitrogens with one attached hydrogen (secondary N) is 1. The molecule has 2 heterocycles. The van der Waals surface area contributed by atoms with Crippen LogP contribution >= 0.6 is 0 Å². The molecule has 154 valence electrons. The first-order chi connectivity index (χ1) is 15.1. The first-order valence-electron chi connectivity index (χ1n) is 9.95. The van der Waals surface area contributed by atoms with Gasteiger partial charge in [0.1, 0.15) is 5.75 Å². The van der Waals surface area contributed by atoms with Crippen LogP contribution in [0.15, 0.2) is 85.5 Å². The molecule has 2 aromatic carbocycles. The van der Waals surface area contributed by atoms with E-state index in [1.807, 2.05) is 96.7 Å². The van der Waals surface area contributed by atoms with Crippen LogP contribution in [0.3, 0.4) is 0 Å². The van der Waals surface area contributed by atoms with Gasteiger partial charge in [0.05, 0.1) is 24.6 Å². The number of anilines is 1. The Morgan fingerprint density at radius 1 is 0.968 bits per heavy atom. The summed E-state index contributed by atoms with van der Waals surface area (Å²) in [5, 5.41) is 3.01. The number of ether oxygens (including phenoxy) is 1. The molecule has 0 radical (unpaired) electrons. The summed E-state index contributed by atoms with van der Waals surface area (Å²) in [6.45, 7) is 1.97. The maximum absolute atomic E-state index is 12.9. The van der Waals surface area contributed by atoms with Gasteiger partial charge >= 0.3 is 0 Å². The van der Waals surface area contributed by atoms with Gasteiger partial charge in [0, 0.05) is 24.3 Å². The topological polar surface area (TPSA) is 56.1 Å². The normalized spacial score (nSPS) is 10.9.